The van der Waals surface area contributed by atoms with Gasteiger partial charge in [-0.25, -0.2) is 19.3 Å². The number of benzene rings is 1. The number of rotatable bonds is 3. The topological polar surface area (TPSA) is 85.2 Å². The van der Waals surface area contributed by atoms with E-state index >= 15 is 0 Å². The van der Waals surface area contributed by atoms with Crippen molar-refractivity contribution >= 4 is 15.9 Å². The van der Waals surface area contributed by atoms with Crippen LogP contribution in [0.5, 0.6) is 0 Å². The molecule has 0 atom stereocenters. The first kappa shape index (κ1) is 20.2. The Bertz CT molecular complexity index is 1300. The minimum Gasteiger partial charge on any atom is -0.237 e. The zero-order chi connectivity index (χ0) is 21.5. The Hall–Kier alpha value is -4.09. The Morgan fingerprint density at radius 1 is 0.742 bits per heavy atom. The van der Waals surface area contributed by atoms with Crippen LogP contribution in [0.1, 0.15) is 5.56 Å². The van der Waals surface area contributed by atoms with Gasteiger partial charge in [0.2, 0.25) is 0 Å². The van der Waals surface area contributed by atoms with Gasteiger partial charge in [0.1, 0.15) is 0 Å². The largest absolute Gasteiger partial charge is 0.237 e. The van der Waals surface area contributed by atoms with E-state index < -0.39 is 0 Å². The summed E-state index contributed by atoms with van der Waals surface area (Å²) in [5.74, 6) is 1.59. The van der Waals surface area contributed by atoms with Gasteiger partial charge in [-0.05, 0) is 57.9 Å². The summed E-state index contributed by atoms with van der Waals surface area (Å²) in [5.41, 5.74) is 2.58. The van der Waals surface area contributed by atoms with Gasteiger partial charge in [0, 0.05) is 30.4 Å². The highest BCUT2D eigenvalue weighted by Crippen LogP contribution is 2.20. The third kappa shape index (κ3) is 5.10. The monoisotopic (exact) mass is 469 g/mol. The van der Waals surface area contributed by atoms with Gasteiger partial charge in [0.05, 0.1) is 28.5 Å². The molecule has 0 bridgehead atoms. The Balaban J connectivity index is 0.000000166. The first-order valence-electron chi connectivity index (χ1n) is 9.31. The summed E-state index contributed by atoms with van der Waals surface area (Å²) < 4.78 is 4.38. The third-order valence-electron chi connectivity index (χ3n) is 4.23. The number of nitrogens with zero attached hydrogens (tertiary/aromatic N) is 7. The van der Waals surface area contributed by atoms with E-state index in [2.05, 4.69) is 42.2 Å². The normalized spacial score (nSPS) is 10.1. The molecule has 0 fully saturated rings. The van der Waals surface area contributed by atoms with Crippen LogP contribution in [0.3, 0.4) is 0 Å². The number of nitriles is 1. The Morgan fingerprint density at radius 2 is 1.42 bits per heavy atom. The lowest BCUT2D eigenvalue weighted by Gasteiger charge is -1.99. The van der Waals surface area contributed by atoms with Crippen molar-refractivity contribution in [3.8, 4) is 28.8 Å². The third-order valence-corrected chi connectivity index (χ3v) is 4.64. The van der Waals surface area contributed by atoms with Crippen LogP contribution in [0.4, 0.5) is 0 Å². The molecule has 1 aromatic carbocycles. The summed E-state index contributed by atoms with van der Waals surface area (Å²) in [4.78, 5) is 8.38. The number of hydrogen-bond acceptors (Lipinski definition) is 5. The highest BCUT2D eigenvalue weighted by Gasteiger charge is 2.04. The standard InChI is InChI=1S/C15H10N4.C8H6BrN3/c16-9-12-4-3-5-13(8-12)14-10-18-19(11-14)15-6-1-2-7-17-15;9-7-5-11-12(6-7)8-3-1-2-4-10-8/h1-8,10-11H;1-6H. The second-order valence-corrected chi connectivity index (χ2v) is 7.26. The average Bonchev–Trinajstić information content (AvgIpc) is 3.50. The molecule has 5 aromatic rings. The van der Waals surface area contributed by atoms with Crippen LogP contribution in [0, 0.1) is 11.3 Å². The molecular formula is C23H16BrN7. The van der Waals surface area contributed by atoms with Crippen molar-refractivity contribution in [2.24, 2.45) is 0 Å². The van der Waals surface area contributed by atoms with Gasteiger partial charge in [0.15, 0.2) is 11.6 Å². The Labute approximate surface area is 187 Å². The number of hydrogen-bond donors (Lipinski definition) is 0. The van der Waals surface area contributed by atoms with E-state index in [4.69, 9.17) is 5.26 Å². The van der Waals surface area contributed by atoms with E-state index in [-0.39, 0.29) is 0 Å². The number of aromatic nitrogens is 6. The predicted molar refractivity (Wildman–Crippen MR) is 121 cm³/mol. The van der Waals surface area contributed by atoms with E-state index in [0.717, 1.165) is 27.2 Å². The predicted octanol–water partition coefficient (Wildman–Crippen LogP) is 4.84. The highest BCUT2D eigenvalue weighted by molar-refractivity contribution is 9.10. The van der Waals surface area contributed by atoms with E-state index in [1.807, 2.05) is 67.0 Å². The van der Waals surface area contributed by atoms with Gasteiger partial charge in [-0.3, -0.25) is 0 Å². The maximum Gasteiger partial charge on any atom is 0.153 e. The van der Waals surface area contributed by atoms with Gasteiger partial charge in [-0.15, -0.1) is 0 Å². The fraction of sp³-hybridized carbons (Fsp3) is 0. The minimum absolute atomic E-state index is 0.642. The van der Waals surface area contributed by atoms with E-state index in [9.17, 15) is 0 Å². The molecule has 0 N–H and O–H groups in total. The highest BCUT2D eigenvalue weighted by atomic mass is 79.9. The smallest absolute Gasteiger partial charge is 0.153 e. The molecule has 0 unspecified atom stereocenters. The molecule has 4 aromatic heterocycles. The molecule has 150 valence electrons. The van der Waals surface area contributed by atoms with Crippen molar-refractivity contribution in [2.75, 3.05) is 0 Å². The number of pyridine rings is 2. The molecular weight excluding hydrogens is 454 g/mol. The van der Waals surface area contributed by atoms with Crippen molar-refractivity contribution in [1.82, 2.24) is 29.5 Å². The zero-order valence-corrected chi connectivity index (χ0v) is 17.8. The van der Waals surface area contributed by atoms with Crippen LogP contribution in [0.25, 0.3) is 22.8 Å². The zero-order valence-electron chi connectivity index (χ0n) is 16.2. The Morgan fingerprint density at radius 3 is 2.00 bits per heavy atom. The second-order valence-electron chi connectivity index (χ2n) is 6.35. The van der Waals surface area contributed by atoms with Crippen LogP contribution in [0.2, 0.25) is 0 Å². The molecule has 0 saturated carbocycles. The van der Waals surface area contributed by atoms with Crippen LogP contribution >= 0.6 is 15.9 Å². The van der Waals surface area contributed by atoms with Gasteiger partial charge in [-0.2, -0.15) is 15.5 Å². The second kappa shape index (κ2) is 9.61. The molecule has 5 rings (SSSR count). The molecule has 8 heteroatoms. The molecule has 0 aliphatic rings. The molecule has 31 heavy (non-hydrogen) atoms. The van der Waals surface area contributed by atoms with Crippen molar-refractivity contribution in [1.29, 1.82) is 5.26 Å². The van der Waals surface area contributed by atoms with Crippen molar-refractivity contribution in [3.63, 3.8) is 0 Å². The lowest BCUT2D eigenvalue weighted by atomic mass is 10.1. The van der Waals surface area contributed by atoms with Crippen molar-refractivity contribution < 1.29 is 0 Å². The van der Waals surface area contributed by atoms with Crippen LogP contribution in [-0.2, 0) is 0 Å². The summed E-state index contributed by atoms with van der Waals surface area (Å²) in [5, 5.41) is 17.3. The van der Waals surface area contributed by atoms with Gasteiger partial charge in [0.25, 0.3) is 0 Å². The van der Waals surface area contributed by atoms with Crippen LogP contribution < -0.4 is 0 Å². The molecule has 0 saturated heterocycles. The molecule has 4 heterocycles. The summed E-state index contributed by atoms with van der Waals surface area (Å²) >= 11 is 3.32. The lowest BCUT2D eigenvalue weighted by Crippen LogP contribution is -1.95. The first-order chi connectivity index (χ1) is 15.2. The van der Waals surface area contributed by atoms with Crippen LogP contribution in [0.15, 0.2) is 102 Å². The first-order valence-corrected chi connectivity index (χ1v) is 10.1. The quantitative estimate of drug-likeness (QED) is 0.377. The molecule has 0 spiro atoms. The fourth-order valence-electron chi connectivity index (χ4n) is 2.77. The fourth-order valence-corrected chi connectivity index (χ4v) is 3.06. The van der Waals surface area contributed by atoms with Crippen molar-refractivity contribution in [2.45, 2.75) is 0 Å². The molecule has 0 aliphatic heterocycles. The van der Waals surface area contributed by atoms with E-state index in [1.54, 1.807) is 40.2 Å². The van der Waals surface area contributed by atoms with Gasteiger partial charge < -0.3 is 0 Å². The maximum absolute atomic E-state index is 8.91. The summed E-state index contributed by atoms with van der Waals surface area (Å²) in [6, 6.07) is 21.0. The molecule has 0 amide bonds. The Kier molecular flexibility index (Phi) is 6.26. The van der Waals surface area contributed by atoms with E-state index in [1.165, 1.54) is 0 Å². The van der Waals surface area contributed by atoms with Crippen molar-refractivity contribution in [3.05, 3.63) is 108 Å². The lowest BCUT2D eigenvalue weighted by molar-refractivity contribution is 0.847. The summed E-state index contributed by atoms with van der Waals surface area (Å²) in [6.07, 6.45) is 10.7. The maximum atomic E-state index is 8.91. The minimum atomic E-state index is 0.642. The van der Waals surface area contributed by atoms with Crippen LogP contribution in [-0.4, -0.2) is 29.5 Å². The number of halogens is 1. The molecule has 0 radical (unpaired) electrons. The molecule has 0 aliphatic carbocycles. The van der Waals surface area contributed by atoms with Gasteiger partial charge in [-0.1, -0.05) is 24.3 Å². The van der Waals surface area contributed by atoms with Gasteiger partial charge >= 0.3 is 0 Å². The summed E-state index contributed by atoms with van der Waals surface area (Å²) in [7, 11) is 0. The molecule has 7 nitrogen and oxygen atoms in total. The SMILES string of the molecule is Brc1cnn(-c2ccccn2)c1.N#Cc1cccc(-c2cnn(-c3ccccn3)c2)c1. The summed E-state index contributed by atoms with van der Waals surface area (Å²) in [6.45, 7) is 0. The average molecular weight is 470 g/mol. The van der Waals surface area contributed by atoms with E-state index in [0.29, 0.717) is 5.56 Å².